The third-order valence-corrected chi connectivity index (χ3v) is 5.74. The lowest BCUT2D eigenvalue weighted by Crippen LogP contribution is -2.30. The van der Waals surface area contributed by atoms with Crippen molar-refractivity contribution in [3.63, 3.8) is 0 Å². The first-order chi connectivity index (χ1) is 9.15. The Bertz CT molecular complexity index is 411. The van der Waals surface area contributed by atoms with Gasteiger partial charge in [0.05, 0.1) is 6.61 Å². The number of benzene rings is 1. The minimum atomic E-state index is 0.310. The zero-order valence-corrected chi connectivity index (χ0v) is 13.9. The van der Waals surface area contributed by atoms with Gasteiger partial charge in [0, 0.05) is 15.8 Å². The molecule has 1 aromatic carbocycles. The summed E-state index contributed by atoms with van der Waals surface area (Å²) in [5, 5.41) is 1.84. The van der Waals surface area contributed by atoms with Crippen molar-refractivity contribution in [2.24, 2.45) is 5.41 Å². The maximum Gasteiger partial charge on any atom is 0.119 e. The number of halogens is 2. The molecule has 1 nitrogen and oxygen atoms in total. The molecule has 0 spiro atoms. The molecule has 1 saturated carbocycles. The van der Waals surface area contributed by atoms with Crippen molar-refractivity contribution in [3.05, 3.63) is 28.8 Å². The summed E-state index contributed by atoms with van der Waals surface area (Å²) in [5.41, 5.74) is 1.39. The van der Waals surface area contributed by atoms with E-state index in [1.165, 1.54) is 38.5 Å². The highest BCUT2D eigenvalue weighted by molar-refractivity contribution is 9.09. The van der Waals surface area contributed by atoms with Gasteiger partial charge >= 0.3 is 0 Å². The van der Waals surface area contributed by atoms with Gasteiger partial charge in [0.1, 0.15) is 5.75 Å². The van der Waals surface area contributed by atoms with Crippen molar-refractivity contribution in [3.8, 4) is 5.75 Å². The van der Waals surface area contributed by atoms with E-state index in [1.54, 1.807) is 0 Å². The molecule has 0 bridgehead atoms. The Labute approximate surface area is 129 Å². The number of ether oxygens (including phenoxy) is 1. The summed E-state index contributed by atoms with van der Waals surface area (Å²) in [6.07, 6.45) is 7.93. The van der Waals surface area contributed by atoms with Crippen LogP contribution in [0.15, 0.2) is 18.2 Å². The lowest BCUT2D eigenvalue weighted by Gasteiger charge is -2.30. The molecule has 0 N–H and O–H groups in total. The van der Waals surface area contributed by atoms with Gasteiger partial charge in [0.25, 0.3) is 0 Å². The molecule has 3 heteroatoms. The van der Waals surface area contributed by atoms with Gasteiger partial charge in [-0.05, 0) is 43.5 Å². The molecule has 0 aromatic heterocycles. The fourth-order valence-corrected chi connectivity index (χ4v) is 3.58. The summed E-state index contributed by atoms with van der Waals surface area (Å²) < 4.78 is 6.04. The molecule has 1 aliphatic rings. The highest BCUT2D eigenvalue weighted by atomic mass is 79.9. The number of hydrogen-bond donors (Lipinski definition) is 0. The predicted molar refractivity (Wildman–Crippen MR) is 85.6 cm³/mol. The van der Waals surface area contributed by atoms with E-state index in [-0.39, 0.29) is 0 Å². The molecule has 0 aliphatic heterocycles. The molecule has 0 unspecified atom stereocenters. The van der Waals surface area contributed by atoms with Crippen LogP contribution in [0.1, 0.15) is 44.1 Å². The lowest BCUT2D eigenvalue weighted by atomic mass is 9.83. The summed E-state index contributed by atoms with van der Waals surface area (Å²) in [7, 11) is 0. The first-order valence-corrected chi connectivity index (χ1v) is 8.60. The Hall–Kier alpha value is -0.210. The molecule has 1 fully saturated rings. The van der Waals surface area contributed by atoms with Gasteiger partial charge in [-0.25, -0.2) is 0 Å². The van der Waals surface area contributed by atoms with Crippen LogP contribution in [0, 0.1) is 12.3 Å². The van der Waals surface area contributed by atoms with Crippen LogP contribution in [-0.2, 0) is 0 Å². The fourth-order valence-electron chi connectivity index (χ4n) is 2.74. The van der Waals surface area contributed by atoms with Crippen molar-refractivity contribution in [1.29, 1.82) is 0 Å². The third-order valence-electron chi connectivity index (χ3n) is 4.12. The predicted octanol–water partition coefficient (Wildman–Crippen LogP) is 5.76. The maximum atomic E-state index is 6.04. The average molecular weight is 346 g/mol. The molecule has 0 heterocycles. The topological polar surface area (TPSA) is 9.23 Å². The Balaban J connectivity index is 2.00. The molecule has 1 aromatic rings. The first kappa shape index (κ1) is 15.2. The molecular formula is C16H22BrClO. The Morgan fingerprint density at radius 2 is 1.89 bits per heavy atom. The Morgan fingerprint density at radius 3 is 2.47 bits per heavy atom. The van der Waals surface area contributed by atoms with Crippen molar-refractivity contribution in [1.82, 2.24) is 0 Å². The van der Waals surface area contributed by atoms with Gasteiger partial charge in [0.2, 0.25) is 0 Å². The normalized spacial score (nSPS) is 18.9. The van der Waals surface area contributed by atoms with E-state index in [9.17, 15) is 0 Å². The molecule has 0 saturated heterocycles. The lowest BCUT2D eigenvalue weighted by molar-refractivity contribution is 0.149. The Kier molecular flexibility index (Phi) is 5.58. The highest BCUT2D eigenvalue weighted by Crippen LogP contribution is 2.37. The fraction of sp³-hybridized carbons (Fsp3) is 0.625. The summed E-state index contributed by atoms with van der Waals surface area (Å²) in [4.78, 5) is 0. The van der Waals surface area contributed by atoms with E-state index in [0.717, 1.165) is 28.3 Å². The van der Waals surface area contributed by atoms with Crippen LogP contribution >= 0.6 is 27.5 Å². The van der Waals surface area contributed by atoms with Crippen LogP contribution in [-0.4, -0.2) is 11.9 Å². The smallest absolute Gasteiger partial charge is 0.119 e. The van der Waals surface area contributed by atoms with E-state index in [0.29, 0.717) is 5.41 Å². The molecule has 1 aliphatic carbocycles. The van der Waals surface area contributed by atoms with Crippen LogP contribution in [0.5, 0.6) is 5.75 Å². The van der Waals surface area contributed by atoms with Gasteiger partial charge in [-0.2, -0.15) is 0 Å². The molecular weight excluding hydrogens is 324 g/mol. The van der Waals surface area contributed by atoms with Gasteiger partial charge in [0.15, 0.2) is 0 Å². The number of aryl methyl sites for hydroxylation is 1. The van der Waals surface area contributed by atoms with Gasteiger partial charge in [-0.15, -0.1) is 0 Å². The van der Waals surface area contributed by atoms with Crippen LogP contribution in [0.3, 0.4) is 0 Å². The van der Waals surface area contributed by atoms with Gasteiger partial charge in [-0.3, -0.25) is 0 Å². The Morgan fingerprint density at radius 1 is 1.21 bits per heavy atom. The van der Waals surface area contributed by atoms with Crippen molar-refractivity contribution in [2.75, 3.05) is 11.9 Å². The molecule has 106 valence electrons. The second-order valence-corrected chi connectivity index (χ2v) is 6.72. The molecule has 2 rings (SSSR count). The van der Waals surface area contributed by atoms with E-state index in [1.807, 2.05) is 25.1 Å². The zero-order valence-electron chi connectivity index (χ0n) is 11.6. The zero-order chi connectivity index (χ0) is 13.7. The maximum absolute atomic E-state index is 6.04. The average Bonchev–Trinajstić information content (AvgIpc) is 2.66. The van der Waals surface area contributed by atoms with Crippen molar-refractivity contribution < 1.29 is 4.74 Å². The monoisotopic (exact) mass is 344 g/mol. The second kappa shape index (κ2) is 6.99. The minimum absolute atomic E-state index is 0.310. The molecule has 0 amide bonds. The van der Waals surface area contributed by atoms with Gasteiger partial charge < -0.3 is 4.74 Å². The summed E-state index contributed by atoms with van der Waals surface area (Å²) in [5.74, 6) is 0.937. The van der Waals surface area contributed by atoms with E-state index < -0.39 is 0 Å². The van der Waals surface area contributed by atoms with Gasteiger partial charge in [-0.1, -0.05) is 53.2 Å². The third kappa shape index (κ3) is 4.13. The summed E-state index contributed by atoms with van der Waals surface area (Å²) in [6.45, 7) is 2.82. The number of hydrogen-bond acceptors (Lipinski definition) is 1. The van der Waals surface area contributed by atoms with Crippen molar-refractivity contribution >= 4 is 27.5 Å². The SMILES string of the molecule is Cc1cc(OCC2(CBr)CCCCCC2)ccc1Cl. The van der Waals surface area contributed by atoms with Crippen LogP contribution in [0.25, 0.3) is 0 Å². The van der Waals surface area contributed by atoms with E-state index in [2.05, 4.69) is 15.9 Å². The first-order valence-electron chi connectivity index (χ1n) is 7.10. The van der Waals surface area contributed by atoms with Crippen LogP contribution in [0.2, 0.25) is 5.02 Å². The van der Waals surface area contributed by atoms with E-state index >= 15 is 0 Å². The molecule has 19 heavy (non-hydrogen) atoms. The largest absolute Gasteiger partial charge is 0.493 e. The van der Waals surface area contributed by atoms with E-state index in [4.69, 9.17) is 16.3 Å². The number of rotatable bonds is 4. The quantitative estimate of drug-likeness (QED) is 0.498. The summed E-state index contributed by atoms with van der Waals surface area (Å²) in [6, 6.07) is 5.91. The van der Waals surface area contributed by atoms with Crippen LogP contribution < -0.4 is 4.74 Å². The molecule has 0 atom stereocenters. The number of alkyl halides is 1. The van der Waals surface area contributed by atoms with Crippen LogP contribution in [0.4, 0.5) is 0 Å². The standard InChI is InChI=1S/C16H22BrClO/c1-13-10-14(6-7-15(13)18)19-12-16(11-17)8-4-2-3-5-9-16/h6-7,10H,2-5,8-9,11-12H2,1H3. The highest BCUT2D eigenvalue weighted by Gasteiger charge is 2.30. The second-order valence-electron chi connectivity index (χ2n) is 5.75. The molecule has 0 radical (unpaired) electrons. The minimum Gasteiger partial charge on any atom is -0.493 e. The van der Waals surface area contributed by atoms with Crippen molar-refractivity contribution in [2.45, 2.75) is 45.4 Å². The summed E-state index contributed by atoms with van der Waals surface area (Å²) >= 11 is 9.74.